The van der Waals surface area contributed by atoms with Crippen LogP contribution >= 0.6 is 0 Å². The lowest BCUT2D eigenvalue weighted by Crippen LogP contribution is -2.04. The summed E-state index contributed by atoms with van der Waals surface area (Å²) >= 11 is 0. The van der Waals surface area contributed by atoms with Gasteiger partial charge in [0, 0.05) is 35.0 Å². The minimum Gasteiger partial charge on any atom is -0.500 e. The first-order chi connectivity index (χ1) is 20.7. The van der Waals surface area contributed by atoms with Gasteiger partial charge in [0.25, 0.3) is 0 Å². The van der Waals surface area contributed by atoms with Crippen molar-refractivity contribution in [2.45, 2.75) is 0 Å². The van der Waals surface area contributed by atoms with Crippen LogP contribution in [0.3, 0.4) is 0 Å². The number of benzene rings is 3. The van der Waals surface area contributed by atoms with E-state index in [1.165, 1.54) is 44.8 Å². The van der Waals surface area contributed by atoms with E-state index in [1.54, 1.807) is 0 Å². The molecular weight excluding hydrogens is 566 g/mol. The molecule has 0 fully saturated rings. The lowest BCUT2D eigenvalue weighted by Gasteiger charge is -2.09. The van der Waals surface area contributed by atoms with E-state index in [9.17, 15) is 30.4 Å². The number of nitro groups is 2. The minimum atomic E-state index is -0.755. The molecule has 3 aromatic carbocycles. The maximum atomic E-state index is 11.3. The average Bonchev–Trinajstić information content (AvgIpc) is 2.98. The number of phenols is 2. The van der Waals surface area contributed by atoms with Crippen molar-refractivity contribution in [1.29, 1.82) is 0 Å². The Morgan fingerprint density at radius 3 is 1.79 bits per heavy atom. The standard InChI is InChI=1S/C26H23N9O8/c1-42-20-10-15(8-18(24(20)36)34(38)39)13-27-32-23-12-22(29-17-6-4-3-5-7-17)30-26(31-23)33-28-14-16-9-19(35(40)41)25(37)21(11-16)43-2/h3-14,36-37H,1-2H3,(H3,29,30,31,32,33). The zero-order valence-electron chi connectivity index (χ0n) is 22.5. The molecular formula is C26H23N9O8. The molecule has 0 aliphatic heterocycles. The zero-order chi connectivity index (χ0) is 30.9. The minimum absolute atomic E-state index is 0.00272. The maximum absolute atomic E-state index is 11.3. The Hall–Kier alpha value is -6.52. The third kappa shape index (κ3) is 7.37. The van der Waals surface area contributed by atoms with Crippen LogP contribution in [0.1, 0.15) is 11.1 Å². The highest BCUT2D eigenvalue weighted by molar-refractivity contribution is 5.84. The SMILES string of the molecule is COc1cc(C=NNc2cc(Nc3ccccc3)nc(NN=Cc3cc(OC)c(O)c([N+](=O)[O-])c3)n2)cc([N+](=O)[O-])c1O. The summed E-state index contributed by atoms with van der Waals surface area (Å²) in [5.41, 5.74) is 5.44. The molecule has 0 spiro atoms. The molecule has 0 radical (unpaired) electrons. The van der Waals surface area contributed by atoms with Crippen LogP contribution in [0.15, 0.2) is 70.9 Å². The molecule has 17 heteroatoms. The van der Waals surface area contributed by atoms with Crippen molar-refractivity contribution in [3.8, 4) is 23.0 Å². The molecule has 1 aromatic heterocycles. The second kappa shape index (κ2) is 13.2. The van der Waals surface area contributed by atoms with Gasteiger partial charge in [-0.05, 0) is 24.3 Å². The molecule has 5 N–H and O–H groups in total. The van der Waals surface area contributed by atoms with E-state index in [0.29, 0.717) is 5.82 Å². The Morgan fingerprint density at radius 2 is 1.28 bits per heavy atom. The summed E-state index contributed by atoms with van der Waals surface area (Å²) in [5, 5.41) is 53.7. The van der Waals surface area contributed by atoms with Crippen LogP contribution in [-0.4, -0.2) is 56.7 Å². The molecule has 0 unspecified atom stereocenters. The first kappa shape index (κ1) is 29.5. The number of methoxy groups -OCH3 is 2. The van der Waals surface area contributed by atoms with Crippen molar-refractivity contribution < 1.29 is 29.5 Å². The van der Waals surface area contributed by atoms with Gasteiger partial charge in [0.2, 0.25) is 17.4 Å². The topological polar surface area (TPSA) is 232 Å². The van der Waals surface area contributed by atoms with Gasteiger partial charge in [0.15, 0.2) is 17.3 Å². The van der Waals surface area contributed by atoms with Crippen LogP contribution in [0.5, 0.6) is 23.0 Å². The van der Waals surface area contributed by atoms with E-state index in [0.717, 1.165) is 17.8 Å². The van der Waals surface area contributed by atoms with Crippen LogP contribution in [-0.2, 0) is 0 Å². The Labute approximate surface area is 242 Å². The predicted octanol–water partition coefficient (Wildman–Crippen LogP) is 4.36. The van der Waals surface area contributed by atoms with Crippen LogP contribution in [0.2, 0.25) is 0 Å². The second-order valence-electron chi connectivity index (χ2n) is 8.39. The van der Waals surface area contributed by atoms with Gasteiger partial charge in [-0.3, -0.25) is 25.7 Å². The number of hydrazone groups is 2. The Kier molecular flexibility index (Phi) is 9.06. The van der Waals surface area contributed by atoms with E-state index in [4.69, 9.17) is 9.47 Å². The number of anilines is 4. The van der Waals surface area contributed by atoms with Crippen molar-refractivity contribution in [3.05, 3.63) is 92.0 Å². The molecule has 1 heterocycles. The molecule has 0 saturated heterocycles. The maximum Gasteiger partial charge on any atom is 0.315 e. The van der Waals surface area contributed by atoms with Gasteiger partial charge in [-0.1, -0.05) is 18.2 Å². The summed E-state index contributed by atoms with van der Waals surface area (Å²) in [5.74, 6) is -0.920. The van der Waals surface area contributed by atoms with Gasteiger partial charge in [-0.25, -0.2) is 5.43 Å². The Morgan fingerprint density at radius 1 is 0.767 bits per heavy atom. The quantitative estimate of drug-likeness (QED) is 0.0879. The molecule has 0 aliphatic carbocycles. The number of ether oxygens (including phenoxy) is 2. The van der Waals surface area contributed by atoms with E-state index in [-0.39, 0.29) is 34.4 Å². The molecule has 0 atom stereocenters. The number of phenolic OH excluding ortho intramolecular Hbond substituents is 2. The van der Waals surface area contributed by atoms with Gasteiger partial charge in [-0.2, -0.15) is 20.2 Å². The lowest BCUT2D eigenvalue weighted by molar-refractivity contribution is -0.386. The molecule has 0 aliphatic rings. The summed E-state index contributed by atoms with van der Waals surface area (Å²) < 4.78 is 9.99. The largest absolute Gasteiger partial charge is 0.500 e. The molecule has 220 valence electrons. The lowest BCUT2D eigenvalue weighted by atomic mass is 10.2. The highest BCUT2D eigenvalue weighted by Crippen LogP contribution is 2.37. The zero-order valence-corrected chi connectivity index (χ0v) is 22.5. The molecule has 43 heavy (non-hydrogen) atoms. The average molecular weight is 590 g/mol. The normalized spacial score (nSPS) is 10.9. The van der Waals surface area contributed by atoms with Gasteiger partial charge in [0.05, 0.1) is 36.5 Å². The van der Waals surface area contributed by atoms with Crippen LogP contribution < -0.4 is 25.6 Å². The highest BCUT2D eigenvalue weighted by atomic mass is 16.6. The van der Waals surface area contributed by atoms with Crippen molar-refractivity contribution >= 4 is 47.1 Å². The summed E-state index contributed by atoms with van der Waals surface area (Å²) in [6.07, 6.45) is 2.50. The monoisotopic (exact) mass is 589 g/mol. The van der Waals surface area contributed by atoms with Crippen LogP contribution in [0.4, 0.5) is 34.6 Å². The summed E-state index contributed by atoms with van der Waals surface area (Å²) in [6.45, 7) is 0. The van der Waals surface area contributed by atoms with Gasteiger partial charge in [-0.15, -0.1) is 0 Å². The second-order valence-corrected chi connectivity index (χ2v) is 8.39. The number of nitrogens with zero attached hydrogens (tertiary/aromatic N) is 6. The van der Waals surface area contributed by atoms with Gasteiger partial charge < -0.3 is 25.0 Å². The summed E-state index contributed by atoms with van der Waals surface area (Å²) in [6, 6.07) is 15.6. The first-order valence-corrected chi connectivity index (χ1v) is 12.1. The number of para-hydroxylation sites is 1. The van der Waals surface area contributed by atoms with Gasteiger partial charge >= 0.3 is 11.4 Å². The van der Waals surface area contributed by atoms with Crippen molar-refractivity contribution in [2.75, 3.05) is 30.4 Å². The van der Waals surface area contributed by atoms with E-state index >= 15 is 0 Å². The molecule has 4 aromatic rings. The molecule has 4 rings (SSSR count). The number of hydrogen-bond donors (Lipinski definition) is 5. The highest BCUT2D eigenvalue weighted by Gasteiger charge is 2.20. The molecule has 0 saturated carbocycles. The van der Waals surface area contributed by atoms with Crippen molar-refractivity contribution in [1.82, 2.24) is 9.97 Å². The third-order valence-corrected chi connectivity index (χ3v) is 5.53. The summed E-state index contributed by atoms with van der Waals surface area (Å²) in [4.78, 5) is 29.7. The molecule has 17 nitrogen and oxygen atoms in total. The Bertz CT molecular complexity index is 1610. The fourth-order valence-electron chi connectivity index (χ4n) is 3.59. The van der Waals surface area contributed by atoms with E-state index < -0.39 is 32.7 Å². The number of aromatic nitrogens is 2. The fourth-order valence-corrected chi connectivity index (χ4v) is 3.59. The van der Waals surface area contributed by atoms with E-state index in [2.05, 4.69) is 36.3 Å². The number of nitro benzene ring substituents is 2. The smallest absolute Gasteiger partial charge is 0.315 e. The number of aromatic hydroxyl groups is 2. The number of hydrogen-bond acceptors (Lipinski definition) is 15. The predicted molar refractivity (Wildman–Crippen MR) is 157 cm³/mol. The molecule has 0 amide bonds. The van der Waals surface area contributed by atoms with Crippen LogP contribution in [0, 0.1) is 20.2 Å². The van der Waals surface area contributed by atoms with Crippen molar-refractivity contribution in [2.24, 2.45) is 10.2 Å². The number of rotatable bonds is 12. The van der Waals surface area contributed by atoms with Crippen LogP contribution in [0.25, 0.3) is 0 Å². The Balaban J connectivity index is 1.60. The molecule has 0 bridgehead atoms. The third-order valence-electron chi connectivity index (χ3n) is 5.53. The van der Waals surface area contributed by atoms with Crippen molar-refractivity contribution in [3.63, 3.8) is 0 Å². The summed E-state index contributed by atoms with van der Waals surface area (Å²) in [7, 11) is 2.52. The number of nitrogens with one attached hydrogen (secondary N) is 3. The fraction of sp³-hybridized carbons (Fsp3) is 0.0769. The first-order valence-electron chi connectivity index (χ1n) is 12.1. The van der Waals surface area contributed by atoms with Gasteiger partial charge in [0.1, 0.15) is 5.82 Å². The van der Waals surface area contributed by atoms with E-state index in [1.807, 2.05) is 30.3 Å².